The van der Waals surface area contributed by atoms with Gasteiger partial charge in [0.1, 0.15) is 5.78 Å². The van der Waals surface area contributed by atoms with Crippen LogP contribution in [0.3, 0.4) is 0 Å². The van der Waals surface area contributed by atoms with Crippen LogP contribution in [0.15, 0.2) is 0 Å². The Labute approximate surface area is 180 Å². The summed E-state index contributed by atoms with van der Waals surface area (Å²) in [7, 11) is 0. The predicted octanol–water partition coefficient (Wildman–Crippen LogP) is 7.68. The van der Waals surface area contributed by atoms with E-state index in [-0.39, 0.29) is 5.41 Å². The highest BCUT2D eigenvalue weighted by Crippen LogP contribution is 2.71. The van der Waals surface area contributed by atoms with Gasteiger partial charge < -0.3 is 0 Å². The van der Waals surface area contributed by atoms with Crippen LogP contribution in [0.1, 0.15) is 112 Å². The zero-order valence-corrected chi connectivity index (χ0v) is 20.2. The molecule has 29 heavy (non-hydrogen) atoms. The lowest BCUT2D eigenvalue weighted by atomic mass is 9.37. The average Bonchev–Trinajstić information content (AvgIpc) is 2.66. The Morgan fingerprint density at radius 3 is 2.14 bits per heavy atom. The van der Waals surface area contributed by atoms with Gasteiger partial charge in [0.05, 0.1) is 0 Å². The van der Waals surface area contributed by atoms with Gasteiger partial charge in [0, 0.05) is 12.3 Å². The minimum Gasteiger partial charge on any atom is -0.299 e. The van der Waals surface area contributed by atoms with Gasteiger partial charge in [0.15, 0.2) is 0 Å². The molecular weight excluding hydrogens is 352 g/mol. The number of hydrogen-bond acceptors (Lipinski definition) is 1. The second kappa shape index (κ2) is 6.35. The normalized spacial score (nSPS) is 56.6. The van der Waals surface area contributed by atoms with E-state index in [4.69, 9.17) is 0 Å². The largest absolute Gasteiger partial charge is 0.299 e. The first-order chi connectivity index (χ1) is 13.5. The van der Waals surface area contributed by atoms with Crippen molar-refractivity contribution in [1.82, 2.24) is 0 Å². The topological polar surface area (TPSA) is 17.1 Å². The lowest BCUT2D eigenvalue weighted by molar-refractivity contribution is -0.186. The number of carbonyl (C=O) groups is 1. The van der Waals surface area contributed by atoms with Crippen LogP contribution in [0.5, 0.6) is 0 Å². The fourth-order valence-corrected chi connectivity index (χ4v) is 10.1. The van der Waals surface area contributed by atoms with Crippen molar-refractivity contribution in [1.29, 1.82) is 0 Å². The molecule has 0 saturated heterocycles. The highest BCUT2D eigenvalue weighted by atomic mass is 16.1. The van der Waals surface area contributed by atoms with Crippen molar-refractivity contribution in [2.75, 3.05) is 0 Å². The first-order valence-electron chi connectivity index (χ1n) is 13.0. The molecule has 0 amide bonds. The van der Waals surface area contributed by atoms with Gasteiger partial charge in [-0.2, -0.15) is 0 Å². The summed E-state index contributed by atoms with van der Waals surface area (Å²) in [6.07, 6.45) is 15.0. The lowest BCUT2D eigenvalue weighted by Crippen LogP contribution is -2.60. The van der Waals surface area contributed by atoms with E-state index < -0.39 is 0 Å². The molecule has 0 heterocycles. The Morgan fingerprint density at radius 2 is 1.38 bits per heavy atom. The predicted molar refractivity (Wildman–Crippen MR) is 121 cm³/mol. The summed E-state index contributed by atoms with van der Waals surface area (Å²) in [5.41, 5.74) is 2.01. The van der Waals surface area contributed by atoms with Gasteiger partial charge in [-0.1, -0.05) is 41.5 Å². The van der Waals surface area contributed by atoms with Crippen molar-refractivity contribution in [2.24, 2.45) is 57.2 Å². The van der Waals surface area contributed by atoms with E-state index in [1.807, 2.05) is 0 Å². The standard InChI is InChI=1S/C28H46O/c1-18-24(29)10-9-20-19-7-8-22-23-17-25(2,3)13-14-26(23,4)15-16-28(22,6)21(19)11-12-27(18,20)5/h18-23H,7-17H2,1-6H3/t18-,19+,20+,21-,22-,23+,26+,27-,28-/m1/s1. The summed E-state index contributed by atoms with van der Waals surface area (Å²) in [5, 5.41) is 0. The Morgan fingerprint density at radius 1 is 0.690 bits per heavy atom. The van der Waals surface area contributed by atoms with Crippen LogP contribution in [0.4, 0.5) is 0 Å². The summed E-state index contributed by atoms with van der Waals surface area (Å²) in [4.78, 5) is 12.6. The van der Waals surface area contributed by atoms with E-state index in [0.29, 0.717) is 27.9 Å². The SMILES string of the molecule is C[C@@H]1C(=O)CC[C@H]2[C@@H]3CC[C@@H]4[C@@H]5CC(C)(C)CC[C@@]5(C)CC[C@]4(C)[C@@H]3CC[C@]12C. The molecule has 0 aromatic heterocycles. The number of ketones is 1. The molecule has 0 unspecified atom stereocenters. The molecule has 1 heteroatoms. The van der Waals surface area contributed by atoms with Crippen LogP contribution in [0.25, 0.3) is 0 Å². The maximum absolute atomic E-state index is 12.6. The highest BCUT2D eigenvalue weighted by molar-refractivity contribution is 5.82. The molecule has 0 bridgehead atoms. The quantitative estimate of drug-likeness (QED) is 0.409. The summed E-state index contributed by atoms with van der Waals surface area (Å²) >= 11 is 0. The first kappa shape index (κ1) is 20.6. The molecule has 5 aliphatic rings. The Kier molecular flexibility index (Phi) is 4.50. The smallest absolute Gasteiger partial charge is 0.136 e. The van der Waals surface area contributed by atoms with Crippen LogP contribution in [-0.2, 0) is 4.79 Å². The van der Waals surface area contributed by atoms with Crippen molar-refractivity contribution >= 4 is 5.78 Å². The number of Topliss-reactive ketones (excluding diaryl/α,β-unsaturated/α-hetero) is 1. The molecular formula is C28H46O. The van der Waals surface area contributed by atoms with E-state index in [9.17, 15) is 4.79 Å². The van der Waals surface area contributed by atoms with Crippen molar-refractivity contribution in [2.45, 2.75) is 112 Å². The zero-order chi connectivity index (χ0) is 20.8. The van der Waals surface area contributed by atoms with Gasteiger partial charge in [0.25, 0.3) is 0 Å². The monoisotopic (exact) mass is 398 g/mol. The number of rotatable bonds is 0. The molecule has 1 nitrogen and oxygen atoms in total. The third-order valence-corrected chi connectivity index (χ3v) is 12.3. The number of carbonyl (C=O) groups excluding carboxylic acids is 1. The summed E-state index contributed by atoms with van der Waals surface area (Å²) in [6.45, 7) is 15.2. The second-order valence-corrected chi connectivity index (χ2v) is 14.0. The molecule has 5 saturated carbocycles. The molecule has 0 aromatic rings. The van der Waals surface area contributed by atoms with Crippen molar-refractivity contribution in [3.05, 3.63) is 0 Å². The molecule has 0 aromatic carbocycles. The molecule has 0 spiro atoms. The summed E-state index contributed by atoms with van der Waals surface area (Å²) < 4.78 is 0. The first-order valence-corrected chi connectivity index (χ1v) is 13.0. The second-order valence-electron chi connectivity index (χ2n) is 14.0. The summed E-state index contributed by atoms with van der Waals surface area (Å²) in [5.74, 6) is 5.38. The average molecular weight is 399 g/mol. The highest BCUT2D eigenvalue weighted by Gasteiger charge is 2.63. The van der Waals surface area contributed by atoms with Gasteiger partial charge >= 0.3 is 0 Å². The third kappa shape index (κ3) is 2.80. The maximum Gasteiger partial charge on any atom is 0.136 e. The molecule has 0 radical (unpaired) electrons. The van der Waals surface area contributed by atoms with Crippen LogP contribution >= 0.6 is 0 Å². The molecule has 0 N–H and O–H groups in total. The van der Waals surface area contributed by atoms with Gasteiger partial charge in [0.2, 0.25) is 0 Å². The number of hydrogen-bond donors (Lipinski definition) is 0. The Balaban J connectivity index is 1.45. The zero-order valence-electron chi connectivity index (χ0n) is 20.2. The van der Waals surface area contributed by atoms with E-state index >= 15 is 0 Å². The Hall–Kier alpha value is -0.330. The molecule has 5 rings (SSSR count). The van der Waals surface area contributed by atoms with Gasteiger partial charge in [-0.3, -0.25) is 4.79 Å². The van der Waals surface area contributed by atoms with Crippen molar-refractivity contribution < 1.29 is 4.79 Å². The third-order valence-electron chi connectivity index (χ3n) is 12.3. The number of fused-ring (bicyclic) bond motifs is 7. The minimum absolute atomic E-state index is 0.287. The summed E-state index contributed by atoms with van der Waals surface area (Å²) in [6, 6.07) is 0. The molecule has 164 valence electrons. The van der Waals surface area contributed by atoms with Gasteiger partial charge in [-0.15, -0.1) is 0 Å². The lowest BCUT2D eigenvalue weighted by Gasteiger charge is -2.67. The van der Waals surface area contributed by atoms with Crippen LogP contribution < -0.4 is 0 Å². The molecule has 5 aliphatic carbocycles. The van der Waals surface area contributed by atoms with E-state index in [0.717, 1.165) is 36.0 Å². The fraction of sp³-hybridized carbons (Fsp3) is 0.964. The molecule has 9 atom stereocenters. The van der Waals surface area contributed by atoms with E-state index in [1.54, 1.807) is 0 Å². The van der Waals surface area contributed by atoms with E-state index in [2.05, 4.69) is 41.5 Å². The van der Waals surface area contributed by atoms with Crippen LogP contribution in [0, 0.1) is 57.2 Å². The minimum atomic E-state index is 0.287. The van der Waals surface area contributed by atoms with Crippen molar-refractivity contribution in [3.63, 3.8) is 0 Å². The van der Waals surface area contributed by atoms with Gasteiger partial charge in [-0.05, 0) is 115 Å². The van der Waals surface area contributed by atoms with E-state index in [1.165, 1.54) is 64.2 Å². The van der Waals surface area contributed by atoms with Crippen LogP contribution in [-0.4, -0.2) is 5.78 Å². The van der Waals surface area contributed by atoms with Crippen LogP contribution in [0.2, 0.25) is 0 Å². The Bertz CT molecular complexity index is 692. The fourth-order valence-electron chi connectivity index (χ4n) is 10.1. The van der Waals surface area contributed by atoms with Gasteiger partial charge in [-0.25, -0.2) is 0 Å². The molecule has 0 aliphatic heterocycles. The molecule has 5 fully saturated rings. The van der Waals surface area contributed by atoms with Crippen molar-refractivity contribution in [3.8, 4) is 0 Å². The maximum atomic E-state index is 12.6.